The normalized spacial score (nSPS) is 17.3. The molecule has 4 rings (SSSR count). The van der Waals surface area contributed by atoms with Crippen LogP contribution in [-0.2, 0) is 15.9 Å². The molecule has 0 radical (unpaired) electrons. The predicted octanol–water partition coefficient (Wildman–Crippen LogP) is 8.49. The van der Waals surface area contributed by atoms with E-state index in [9.17, 15) is 0 Å². The fourth-order valence-corrected chi connectivity index (χ4v) is 4.85. The van der Waals surface area contributed by atoms with Crippen molar-refractivity contribution in [1.82, 2.24) is 5.32 Å². The largest absolute Gasteiger partial charge is 0.380 e. The highest BCUT2D eigenvalue weighted by Crippen LogP contribution is 2.43. The van der Waals surface area contributed by atoms with Crippen LogP contribution in [0.5, 0.6) is 0 Å². The van der Waals surface area contributed by atoms with Gasteiger partial charge < -0.3 is 14.8 Å². The SMILES string of the molecule is CCC(C)(C)CC1(CC)COC1.CCNCC1(CC)COC1.CCc1ccc(-c2ccc(C)cc2)cc1. The number of hydrogen-bond donors (Lipinski definition) is 1. The van der Waals surface area contributed by atoms with Crippen molar-refractivity contribution in [3.63, 3.8) is 0 Å². The van der Waals surface area contributed by atoms with E-state index >= 15 is 0 Å². The molecule has 0 unspecified atom stereocenters. The Morgan fingerprint density at radius 1 is 0.730 bits per heavy atom. The lowest BCUT2D eigenvalue weighted by Crippen LogP contribution is -2.49. The van der Waals surface area contributed by atoms with Gasteiger partial charge in [0.05, 0.1) is 26.4 Å². The Bertz CT molecular complexity index is 866. The number of nitrogens with one attached hydrogen (secondary N) is 1. The van der Waals surface area contributed by atoms with E-state index in [1.165, 1.54) is 47.9 Å². The molecule has 2 aromatic carbocycles. The molecular weight excluding hydrogens is 454 g/mol. The minimum Gasteiger partial charge on any atom is -0.380 e. The Labute approximate surface area is 228 Å². The standard InChI is InChI=1S/C15H16.C11H22O.C8H17NO/c1-3-13-6-10-15(11-7-13)14-8-4-12(2)5-9-14;1-5-10(3,4)7-11(6-2)8-12-9-11;1-3-8(5-9-4-2)6-10-7-8/h4-11H,3H2,1-2H3;5-9H2,1-4H3;9H,3-7H2,1-2H3. The summed E-state index contributed by atoms with van der Waals surface area (Å²) in [6.07, 6.45) is 6.21. The molecule has 2 aliphatic heterocycles. The third-order valence-corrected chi connectivity index (χ3v) is 8.44. The molecule has 0 aromatic heterocycles. The molecule has 3 nitrogen and oxygen atoms in total. The first-order valence-corrected chi connectivity index (χ1v) is 14.7. The van der Waals surface area contributed by atoms with Crippen LogP contribution in [0.1, 0.15) is 85.3 Å². The van der Waals surface area contributed by atoms with Crippen LogP contribution in [0.15, 0.2) is 48.5 Å². The molecule has 0 atom stereocenters. The molecular formula is C34H55NO2. The van der Waals surface area contributed by atoms with Crippen LogP contribution in [0, 0.1) is 23.2 Å². The molecule has 0 aliphatic carbocycles. The Morgan fingerprint density at radius 2 is 1.22 bits per heavy atom. The van der Waals surface area contributed by atoms with E-state index in [4.69, 9.17) is 9.47 Å². The summed E-state index contributed by atoms with van der Waals surface area (Å²) in [5.74, 6) is 0. The van der Waals surface area contributed by atoms with Crippen LogP contribution in [0.2, 0.25) is 0 Å². The van der Waals surface area contributed by atoms with Crippen LogP contribution in [-0.4, -0.2) is 39.5 Å². The van der Waals surface area contributed by atoms with Gasteiger partial charge in [-0.25, -0.2) is 0 Å². The average Bonchev–Trinajstić information content (AvgIpc) is 2.87. The summed E-state index contributed by atoms with van der Waals surface area (Å²) in [6.45, 7) is 24.1. The molecule has 2 saturated heterocycles. The Balaban J connectivity index is 0.000000200. The van der Waals surface area contributed by atoms with E-state index in [0.717, 1.165) is 45.9 Å². The van der Waals surface area contributed by atoms with Gasteiger partial charge in [0.15, 0.2) is 0 Å². The molecule has 3 heteroatoms. The molecule has 2 heterocycles. The summed E-state index contributed by atoms with van der Waals surface area (Å²) in [4.78, 5) is 0. The second-order valence-corrected chi connectivity index (χ2v) is 12.1. The molecule has 0 saturated carbocycles. The first-order chi connectivity index (χ1) is 17.7. The van der Waals surface area contributed by atoms with E-state index < -0.39 is 0 Å². The number of aryl methyl sites for hydroxylation is 2. The first kappa shape index (κ1) is 31.5. The minimum absolute atomic E-state index is 0.482. The third kappa shape index (κ3) is 9.85. The van der Waals surface area contributed by atoms with Crippen LogP contribution in [0.4, 0.5) is 0 Å². The molecule has 1 N–H and O–H groups in total. The van der Waals surface area contributed by atoms with Crippen molar-refractivity contribution in [3.8, 4) is 11.1 Å². The number of rotatable bonds is 10. The Morgan fingerprint density at radius 3 is 1.57 bits per heavy atom. The number of ether oxygens (including phenoxy) is 2. The van der Waals surface area contributed by atoms with Gasteiger partial charge in [0.1, 0.15) is 0 Å². The smallest absolute Gasteiger partial charge is 0.0556 e. The average molecular weight is 510 g/mol. The zero-order valence-electron chi connectivity index (χ0n) is 25.2. The second kappa shape index (κ2) is 15.0. The first-order valence-electron chi connectivity index (χ1n) is 14.7. The van der Waals surface area contributed by atoms with Crippen molar-refractivity contribution >= 4 is 0 Å². The molecule has 0 spiro atoms. The maximum atomic E-state index is 5.32. The quantitative estimate of drug-likeness (QED) is 0.348. The lowest BCUT2D eigenvalue weighted by molar-refractivity contribution is -0.134. The highest BCUT2D eigenvalue weighted by atomic mass is 16.5. The molecule has 2 aromatic rings. The van der Waals surface area contributed by atoms with Crippen molar-refractivity contribution in [2.75, 3.05) is 39.5 Å². The summed E-state index contributed by atoms with van der Waals surface area (Å²) in [5, 5.41) is 3.36. The van der Waals surface area contributed by atoms with Gasteiger partial charge in [0, 0.05) is 17.4 Å². The fourth-order valence-electron chi connectivity index (χ4n) is 4.85. The van der Waals surface area contributed by atoms with E-state index in [2.05, 4.69) is 109 Å². The zero-order chi connectivity index (χ0) is 27.4. The van der Waals surface area contributed by atoms with Gasteiger partial charge in [0.25, 0.3) is 0 Å². The molecule has 208 valence electrons. The highest BCUT2D eigenvalue weighted by molar-refractivity contribution is 5.63. The van der Waals surface area contributed by atoms with E-state index in [1.807, 2.05) is 0 Å². The fraction of sp³-hybridized carbons (Fsp3) is 0.647. The minimum atomic E-state index is 0.482. The lowest BCUT2D eigenvalue weighted by atomic mass is 9.69. The van der Waals surface area contributed by atoms with Crippen LogP contribution in [0.25, 0.3) is 11.1 Å². The molecule has 2 aliphatic rings. The summed E-state index contributed by atoms with van der Waals surface area (Å²) >= 11 is 0. The maximum Gasteiger partial charge on any atom is 0.0556 e. The van der Waals surface area contributed by atoms with E-state index in [1.54, 1.807) is 0 Å². The summed E-state index contributed by atoms with van der Waals surface area (Å²) in [7, 11) is 0. The Hall–Kier alpha value is -1.68. The molecule has 0 bridgehead atoms. The van der Waals surface area contributed by atoms with Gasteiger partial charge in [-0.2, -0.15) is 0 Å². The lowest BCUT2D eigenvalue weighted by Gasteiger charge is -2.45. The molecule has 0 amide bonds. The van der Waals surface area contributed by atoms with E-state index in [0.29, 0.717) is 16.2 Å². The van der Waals surface area contributed by atoms with Gasteiger partial charge in [-0.3, -0.25) is 0 Å². The van der Waals surface area contributed by atoms with Crippen LogP contribution < -0.4 is 5.32 Å². The summed E-state index contributed by atoms with van der Waals surface area (Å²) < 4.78 is 10.5. The van der Waals surface area contributed by atoms with Gasteiger partial charge in [-0.15, -0.1) is 0 Å². The number of hydrogen-bond acceptors (Lipinski definition) is 3. The van der Waals surface area contributed by atoms with Crippen molar-refractivity contribution in [2.24, 2.45) is 16.2 Å². The number of benzene rings is 2. The zero-order valence-corrected chi connectivity index (χ0v) is 25.2. The monoisotopic (exact) mass is 509 g/mol. The second-order valence-electron chi connectivity index (χ2n) is 12.1. The van der Waals surface area contributed by atoms with Crippen molar-refractivity contribution in [3.05, 3.63) is 59.7 Å². The topological polar surface area (TPSA) is 30.5 Å². The van der Waals surface area contributed by atoms with Gasteiger partial charge >= 0.3 is 0 Å². The highest BCUT2D eigenvalue weighted by Gasteiger charge is 2.40. The summed E-state index contributed by atoms with van der Waals surface area (Å²) in [6, 6.07) is 17.5. The van der Waals surface area contributed by atoms with E-state index in [-0.39, 0.29) is 0 Å². The predicted molar refractivity (Wildman–Crippen MR) is 160 cm³/mol. The van der Waals surface area contributed by atoms with Gasteiger partial charge in [-0.05, 0) is 61.3 Å². The van der Waals surface area contributed by atoms with Crippen molar-refractivity contribution < 1.29 is 9.47 Å². The maximum absolute atomic E-state index is 5.32. The van der Waals surface area contributed by atoms with Gasteiger partial charge in [0.2, 0.25) is 0 Å². The van der Waals surface area contributed by atoms with Crippen LogP contribution in [0.3, 0.4) is 0 Å². The van der Waals surface area contributed by atoms with Crippen molar-refractivity contribution in [2.45, 2.75) is 87.5 Å². The molecule has 2 fully saturated rings. The van der Waals surface area contributed by atoms with Crippen LogP contribution >= 0.6 is 0 Å². The molecule has 37 heavy (non-hydrogen) atoms. The summed E-state index contributed by atoms with van der Waals surface area (Å²) in [5.41, 5.74) is 6.81. The van der Waals surface area contributed by atoms with Gasteiger partial charge in [-0.1, -0.05) is 109 Å². The Kier molecular flexibility index (Phi) is 12.8. The third-order valence-electron chi connectivity index (χ3n) is 8.44. The van der Waals surface area contributed by atoms with Crippen molar-refractivity contribution in [1.29, 1.82) is 0 Å².